The molecule has 5 nitrogen and oxygen atoms in total. The van der Waals surface area contributed by atoms with E-state index in [1.807, 2.05) is 37.3 Å². The molecule has 0 saturated carbocycles. The first-order valence-electron chi connectivity index (χ1n) is 8.06. The Morgan fingerprint density at radius 2 is 2.04 bits per heavy atom. The molecule has 1 N–H and O–H groups in total. The van der Waals surface area contributed by atoms with Gasteiger partial charge >= 0.3 is 0 Å². The number of ether oxygens (including phenoxy) is 2. The second kappa shape index (κ2) is 9.08. The molecule has 0 fully saturated rings. The molecule has 0 amide bonds. The Balaban J connectivity index is 1.59. The molecule has 0 atom stereocenters. The highest BCUT2D eigenvalue weighted by molar-refractivity contribution is 7.98. The number of fused-ring (bicyclic) bond motifs is 1. The number of hydrogen-bond donors (Lipinski definition) is 1. The minimum absolute atomic E-state index is 0.497. The van der Waals surface area contributed by atoms with Crippen molar-refractivity contribution in [2.24, 2.45) is 0 Å². The standard InChI is InChI=1S/C18H20ClN3O2S/c1-13-16(20-8-6-17(13)24-11-10-23-9-7-19)12-25-18-21-14-4-2-3-5-15(14)22-18/h2-6,8H,7,9-12H2,1H3,(H,21,22). The zero-order chi connectivity index (χ0) is 17.5. The minimum atomic E-state index is 0.497. The Labute approximate surface area is 156 Å². The van der Waals surface area contributed by atoms with Crippen LogP contribution in [0.1, 0.15) is 11.3 Å². The molecule has 0 bridgehead atoms. The summed E-state index contributed by atoms with van der Waals surface area (Å²) in [4.78, 5) is 12.4. The summed E-state index contributed by atoms with van der Waals surface area (Å²) in [6.07, 6.45) is 1.77. The lowest BCUT2D eigenvalue weighted by molar-refractivity contribution is 0.111. The summed E-state index contributed by atoms with van der Waals surface area (Å²) >= 11 is 7.20. The molecule has 25 heavy (non-hydrogen) atoms. The van der Waals surface area contributed by atoms with Crippen molar-refractivity contribution in [1.29, 1.82) is 0 Å². The van der Waals surface area contributed by atoms with Crippen molar-refractivity contribution in [1.82, 2.24) is 15.0 Å². The summed E-state index contributed by atoms with van der Waals surface area (Å²) in [6.45, 7) is 3.59. The van der Waals surface area contributed by atoms with Crippen LogP contribution in [0.2, 0.25) is 0 Å². The Kier molecular flexibility index (Phi) is 6.55. The zero-order valence-corrected chi connectivity index (χ0v) is 15.6. The topological polar surface area (TPSA) is 60.0 Å². The quantitative estimate of drug-likeness (QED) is 0.344. The van der Waals surface area contributed by atoms with E-state index in [-0.39, 0.29) is 0 Å². The molecule has 0 saturated heterocycles. The van der Waals surface area contributed by atoms with Gasteiger partial charge in [0, 0.05) is 23.4 Å². The third kappa shape index (κ3) is 4.87. The van der Waals surface area contributed by atoms with Gasteiger partial charge in [-0.05, 0) is 25.1 Å². The SMILES string of the molecule is Cc1c(OCCOCCCl)ccnc1CSc1nc2ccccc2[nH]1. The minimum Gasteiger partial charge on any atom is -0.491 e. The smallest absolute Gasteiger partial charge is 0.166 e. The first-order valence-corrected chi connectivity index (χ1v) is 9.58. The molecule has 2 aromatic heterocycles. The van der Waals surface area contributed by atoms with Crippen molar-refractivity contribution in [2.75, 3.05) is 25.7 Å². The molecule has 0 aliphatic heterocycles. The van der Waals surface area contributed by atoms with Gasteiger partial charge in [-0.25, -0.2) is 4.98 Å². The lowest BCUT2D eigenvalue weighted by Gasteiger charge is -2.11. The third-order valence-electron chi connectivity index (χ3n) is 3.68. The molecule has 0 unspecified atom stereocenters. The number of imidazole rings is 1. The van der Waals surface area contributed by atoms with Gasteiger partial charge in [-0.15, -0.1) is 11.6 Å². The molecular formula is C18H20ClN3O2S. The Morgan fingerprint density at radius 1 is 1.16 bits per heavy atom. The van der Waals surface area contributed by atoms with Crippen LogP contribution in [-0.2, 0) is 10.5 Å². The van der Waals surface area contributed by atoms with E-state index in [9.17, 15) is 0 Å². The molecule has 2 heterocycles. The van der Waals surface area contributed by atoms with Crippen molar-refractivity contribution in [2.45, 2.75) is 17.8 Å². The van der Waals surface area contributed by atoms with E-state index in [2.05, 4.69) is 15.0 Å². The number of nitrogens with one attached hydrogen (secondary N) is 1. The van der Waals surface area contributed by atoms with E-state index in [4.69, 9.17) is 21.1 Å². The molecule has 7 heteroatoms. The number of aromatic nitrogens is 3. The predicted molar refractivity (Wildman–Crippen MR) is 102 cm³/mol. The lowest BCUT2D eigenvalue weighted by atomic mass is 10.2. The monoisotopic (exact) mass is 377 g/mol. The fourth-order valence-electron chi connectivity index (χ4n) is 2.36. The van der Waals surface area contributed by atoms with Crippen LogP contribution in [0.4, 0.5) is 0 Å². The van der Waals surface area contributed by atoms with E-state index in [0.29, 0.717) is 25.7 Å². The van der Waals surface area contributed by atoms with Gasteiger partial charge < -0.3 is 14.5 Å². The first-order chi connectivity index (χ1) is 12.3. The molecule has 3 aromatic rings. The maximum atomic E-state index is 5.78. The van der Waals surface area contributed by atoms with Gasteiger partial charge in [-0.3, -0.25) is 4.98 Å². The number of rotatable bonds is 9. The predicted octanol–water partition coefficient (Wildman–Crippen LogP) is 4.19. The van der Waals surface area contributed by atoms with Crippen LogP contribution < -0.4 is 4.74 Å². The Hall–Kier alpha value is -1.76. The summed E-state index contributed by atoms with van der Waals surface area (Å²) in [5, 5.41) is 0.892. The van der Waals surface area contributed by atoms with Gasteiger partial charge in [0.2, 0.25) is 0 Å². The van der Waals surface area contributed by atoms with E-state index in [1.165, 1.54) is 0 Å². The van der Waals surface area contributed by atoms with Crippen molar-refractivity contribution in [3.05, 3.63) is 47.8 Å². The molecule has 0 spiro atoms. The maximum absolute atomic E-state index is 5.78. The van der Waals surface area contributed by atoms with E-state index < -0.39 is 0 Å². The lowest BCUT2D eigenvalue weighted by Crippen LogP contribution is -2.09. The number of H-pyrrole nitrogens is 1. The van der Waals surface area contributed by atoms with Crippen LogP contribution in [-0.4, -0.2) is 40.7 Å². The highest BCUT2D eigenvalue weighted by Crippen LogP contribution is 2.26. The van der Waals surface area contributed by atoms with Crippen LogP contribution in [0.25, 0.3) is 11.0 Å². The number of hydrogen-bond acceptors (Lipinski definition) is 5. The number of aromatic amines is 1. The number of pyridine rings is 1. The van der Waals surface area contributed by atoms with Crippen LogP contribution in [0.5, 0.6) is 5.75 Å². The van der Waals surface area contributed by atoms with Crippen LogP contribution >= 0.6 is 23.4 Å². The largest absolute Gasteiger partial charge is 0.491 e. The van der Waals surface area contributed by atoms with Gasteiger partial charge in [-0.1, -0.05) is 23.9 Å². The van der Waals surface area contributed by atoms with Crippen molar-refractivity contribution < 1.29 is 9.47 Å². The number of halogens is 1. The van der Waals surface area contributed by atoms with Crippen LogP contribution in [0.15, 0.2) is 41.7 Å². The highest BCUT2D eigenvalue weighted by Gasteiger charge is 2.09. The molecule has 0 radical (unpaired) electrons. The average molecular weight is 378 g/mol. The number of para-hydroxylation sites is 2. The third-order valence-corrected chi connectivity index (χ3v) is 4.72. The number of nitrogens with zero attached hydrogens (tertiary/aromatic N) is 2. The van der Waals surface area contributed by atoms with Gasteiger partial charge in [0.1, 0.15) is 12.4 Å². The molecule has 0 aliphatic rings. The Bertz CT molecular complexity index is 792. The molecule has 132 valence electrons. The van der Waals surface area contributed by atoms with Crippen LogP contribution in [0, 0.1) is 6.92 Å². The fourth-order valence-corrected chi connectivity index (χ4v) is 3.38. The first kappa shape index (κ1) is 18.0. The van der Waals surface area contributed by atoms with Gasteiger partial charge in [0.15, 0.2) is 5.16 Å². The highest BCUT2D eigenvalue weighted by atomic mass is 35.5. The summed E-state index contributed by atoms with van der Waals surface area (Å²) < 4.78 is 11.1. The summed E-state index contributed by atoms with van der Waals surface area (Å²) in [5.41, 5.74) is 4.06. The van der Waals surface area contributed by atoms with Gasteiger partial charge in [0.25, 0.3) is 0 Å². The van der Waals surface area contributed by atoms with Crippen LogP contribution in [0.3, 0.4) is 0 Å². The van der Waals surface area contributed by atoms with E-state index in [1.54, 1.807) is 18.0 Å². The summed E-state index contributed by atoms with van der Waals surface area (Å²) in [7, 11) is 0. The molecule has 0 aliphatic carbocycles. The van der Waals surface area contributed by atoms with Gasteiger partial charge in [-0.2, -0.15) is 0 Å². The zero-order valence-electron chi connectivity index (χ0n) is 14.0. The fraction of sp³-hybridized carbons (Fsp3) is 0.333. The summed E-state index contributed by atoms with van der Waals surface area (Å²) in [6, 6.07) is 9.89. The molecule has 1 aromatic carbocycles. The molecule has 3 rings (SSSR count). The average Bonchev–Trinajstić information content (AvgIpc) is 3.05. The second-order valence-electron chi connectivity index (χ2n) is 5.38. The van der Waals surface area contributed by atoms with Crippen molar-refractivity contribution in [3.8, 4) is 5.75 Å². The molecular weight excluding hydrogens is 358 g/mol. The maximum Gasteiger partial charge on any atom is 0.166 e. The van der Waals surface area contributed by atoms with E-state index >= 15 is 0 Å². The van der Waals surface area contributed by atoms with Crippen molar-refractivity contribution >= 4 is 34.4 Å². The second-order valence-corrected chi connectivity index (χ2v) is 6.72. The Morgan fingerprint density at radius 3 is 2.88 bits per heavy atom. The normalized spacial score (nSPS) is 11.1. The number of thioether (sulfide) groups is 1. The van der Waals surface area contributed by atoms with E-state index in [0.717, 1.165) is 38.9 Å². The summed E-state index contributed by atoms with van der Waals surface area (Å²) in [5.74, 6) is 2.06. The number of benzene rings is 1. The van der Waals surface area contributed by atoms with Crippen molar-refractivity contribution in [3.63, 3.8) is 0 Å². The number of alkyl halides is 1. The van der Waals surface area contributed by atoms with Gasteiger partial charge in [0.05, 0.1) is 29.9 Å².